The number of carbonyl (C=O) groups excluding carboxylic acids is 4. The molecule has 1 N–H and O–H groups in total. The van der Waals surface area contributed by atoms with Crippen LogP contribution < -0.4 is 10.2 Å². The summed E-state index contributed by atoms with van der Waals surface area (Å²) < 4.78 is 5.42. The van der Waals surface area contributed by atoms with E-state index in [4.69, 9.17) is 4.74 Å². The van der Waals surface area contributed by atoms with Gasteiger partial charge in [-0.15, -0.1) is 0 Å². The van der Waals surface area contributed by atoms with Crippen molar-refractivity contribution in [3.8, 4) is 0 Å². The number of piperazine rings is 1. The lowest BCUT2D eigenvalue weighted by molar-refractivity contribution is -0.129. The Balaban J connectivity index is 1.39. The molecule has 0 aromatic heterocycles. The van der Waals surface area contributed by atoms with Crippen LogP contribution in [-0.2, 0) is 9.53 Å². The highest BCUT2D eigenvalue weighted by Crippen LogP contribution is 2.35. The van der Waals surface area contributed by atoms with Crippen LogP contribution in [0.15, 0.2) is 18.2 Å². The molecule has 1 aromatic rings. The topological polar surface area (TPSA) is 103 Å². The lowest BCUT2D eigenvalue weighted by Gasteiger charge is -2.38. The predicted molar refractivity (Wildman–Crippen MR) is 140 cm³/mol. The SMILES string of the molecule is CN(CCN1CCN(c2cccc3c2C(=O)N(C2CCC(C)(C)NC2=O)C3=O)CC1)C(=O)OC(C)(C)C. The van der Waals surface area contributed by atoms with Crippen molar-refractivity contribution in [2.24, 2.45) is 0 Å². The Morgan fingerprint density at radius 3 is 2.41 bits per heavy atom. The minimum atomic E-state index is -0.785. The normalized spacial score (nSPS) is 22.1. The van der Waals surface area contributed by atoms with Crippen LogP contribution in [0.2, 0.25) is 0 Å². The number of likely N-dealkylation sites (N-methyl/N-ethyl adjacent to an activating group) is 1. The van der Waals surface area contributed by atoms with Gasteiger partial charge in [-0.05, 0) is 59.6 Å². The van der Waals surface area contributed by atoms with E-state index in [2.05, 4.69) is 15.1 Å². The van der Waals surface area contributed by atoms with Gasteiger partial charge in [0.1, 0.15) is 11.6 Å². The summed E-state index contributed by atoms with van der Waals surface area (Å²) >= 11 is 0. The molecule has 0 saturated carbocycles. The van der Waals surface area contributed by atoms with Gasteiger partial charge in [0.2, 0.25) is 5.91 Å². The van der Waals surface area contributed by atoms with Gasteiger partial charge in [-0.3, -0.25) is 24.2 Å². The molecule has 3 aliphatic rings. The Morgan fingerprint density at radius 2 is 1.78 bits per heavy atom. The highest BCUT2D eigenvalue weighted by Gasteiger charge is 2.47. The molecule has 0 aliphatic carbocycles. The second-order valence-electron chi connectivity index (χ2n) is 11.8. The summed E-state index contributed by atoms with van der Waals surface area (Å²) in [7, 11) is 1.74. The second kappa shape index (κ2) is 9.96. The van der Waals surface area contributed by atoms with Crippen molar-refractivity contribution in [1.82, 2.24) is 20.0 Å². The van der Waals surface area contributed by atoms with Gasteiger partial charge >= 0.3 is 6.09 Å². The van der Waals surface area contributed by atoms with Crippen molar-refractivity contribution in [3.63, 3.8) is 0 Å². The zero-order valence-electron chi connectivity index (χ0n) is 22.8. The summed E-state index contributed by atoms with van der Waals surface area (Å²) in [4.78, 5) is 58.9. The third-order valence-corrected chi connectivity index (χ3v) is 7.21. The molecule has 2 fully saturated rings. The maximum Gasteiger partial charge on any atom is 0.410 e. The van der Waals surface area contributed by atoms with Crippen LogP contribution in [-0.4, -0.2) is 102 Å². The van der Waals surface area contributed by atoms with Crippen molar-refractivity contribution >= 4 is 29.5 Å². The molecule has 2 saturated heterocycles. The average molecular weight is 514 g/mol. The Kier molecular flexibility index (Phi) is 7.25. The van der Waals surface area contributed by atoms with Crippen molar-refractivity contribution in [2.45, 2.75) is 64.6 Å². The molecule has 3 aliphatic heterocycles. The third-order valence-electron chi connectivity index (χ3n) is 7.21. The number of nitrogens with zero attached hydrogens (tertiary/aromatic N) is 4. The summed E-state index contributed by atoms with van der Waals surface area (Å²) in [6, 6.07) is 4.57. The van der Waals surface area contributed by atoms with Crippen LogP contribution in [0.1, 0.15) is 68.2 Å². The molecule has 0 radical (unpaired) electrons. The highest BCUT2D eigenvalue weighted by molar-refractivity contribution is 6.25. The number of anilines is 1. The van der Waals surface area contributed by atoms with Crippen LogP contribution in [0.25, 0.3) is 0 Å². The first kappa shape index (κ1) is 26.9. The Morgan fingerprint density at radius 1 is 1.11 bits per heavy atom. The van der Waals surface area contributed by atoms with Gasteiger partial charge in [0.05, 0.1) is 16.8 Å². The molecule has 0 spiro atoms. The first-order valence-corrected chi connectivity index (χ1v) is 13.0. The monoisotopic (exact) mass is 513 g/mol. The van der Waals surface area contributed by atoms with Crippen molar-refractivity contribution in [2.75, 3.05) is 51.2 Å². The maximum atomic E-state index is 13.5. The van der Waals surface area contributed by atoms with Gasteiger partial charge in [0.15, 0.2) is 0 Å². The minimum absolute atomic E-state index is 0.280. The second-order valence-corrected chi connectivity index (χ2v) is 11.8. The summed E-state index contributed by atoms with van der Waals surface area (Å²) in [5, 5.41) is 2.94. The fourth-order valence-corrected chi connectivity index (χ4v) is 5.12. The van der Waals surface area contributed by atoms with E-state index in [0.29, 0.717) is 43.6 Å². The van der Waals surface area contributed by atoms with Crippen molar-refractivity contribution in [3.05, 3.63) is 29.3 Å². The Hall–Kier alpha value is -3.14. The summed E-state index contributed by atoms with van der Waals surface area (Å²) in [5.41, 5.74) is 0.613. The molecule has 1 atom stereocenters. The van der Waals surface area contributed by atoms with Crippen LogP contribution in [0, 0.1) is 0 Å². The smallest absolute Gasteiger partial charge is 0.410 e. The third kappa shape index (κ3) is 5.74. The number of carbonyl (C=O) groups is 4. The summed E-state index contributed by atoms with van der Waals surface area (Å²) in [6.45, 7) is 13.6. The number of rotatable bonds is 5. The molecular formula is C27H39N5O5. The van der Waals surface area contributed by atoms with Gasteiger partial charge in [0, 0.05) is 51.9 Å². The molecule has 1 unspecified atom stereocenters. The standard InChI is InChI=1S/C27H39N5O5/c1-26(2,3)37-25(36)29(6)12-13-30-14-16-31(17-15-30)19-9-7-8-18-21(19)24(35)32(23(18)34)20-10-11-27(4,5)28-22(20)33/h7-9,20H,10-17H2,1-6H3,(H,28,33). The summed E-state index contributed by atoms with van der Waals surface area (Å²) in [6.07, 6.45) is 0.805. The molecule has 10 heteroatoms. The van der Waals surface area contributed by atoms with E-state index in [0.717, 1.165) is 30.2 Å². The van der Waals surface area contributed by atoms with Gasteiger partial charge in [-0.1, -0.05) is 6.07 Å². The lowest BCUT2D eigenvalue weighted by Crippen LogP contribution is -2.59. The molecule has 1 aromatic carbocycles. The first-order chi connectivity index (χ1) is 17.3. The number of fused-ring (bicyclic) bond motifs is 1. The average Bonchev–Trinajstić information content (AvgIpc) is 3.06. The van der Waals surface area contributed by atoms with Crippen LogP contribution in [0.5, 0.6) is 0 Å². The molecule has 10 nitrogen and oxygen atoms in total. The number of hydrogen-bond donors (Lipinski definition) is 1. The maximum absolute atomic E-state index is 13.5. The van der Waals surface area contributed by atoms with E-state index in [1.54, 1.807) is 24.1 Å². The van der Waals surface area contributed by atoms with Crippen LogP contribution in [0.4, 0.5) is 10.5 Å². The van der Waals surface area contributed by atoms with E-state index in [9.17, 15) is 19.2 Å². The van der Waals surface area contributed by atoms with Crippen molar-refractivity contribution in [1.29, 1.82) is 0 Å². The molecule has 202 valence electrons. The minimum Gasteiger partial charge on any atom is -0.444 e. The zero-order valence-corrected chi connectivity index (χ0v) is 22.8. The summed E-state index contributed by atoms with van der Waals surface area (Å²) in [5.74, 6) is -1.07. The molecular weight excluding hydrogens is 474 g/mol. The fraction of sp³-hybridized carbons (Fsp3) is 0.630. The number of piperidine rings is 1. The van der Waals surface area contributed by atoms with E-state index >= 15 is 0 Å². The predicted octanol–water partition coefficient (Wildman–Crippen LogP) is 2.33. The van der Waals surface area contributed by atoms with Gasteiger partial charge < -0.3 is 19.9 Å². The van der Waals surface area contributed by atoms with Gasteiger partial charge in [0.25, 0.3) is 11.8 Å². The van der Waals surface area contributed by atoms with Crippen LogP contribution >= 0.6 is 0 Å². The molecule has 4 amide bonds. The Labute approximate surface area is 218 Å². The zero-order chi connectivity index (χ0) is 27.1. The van der Waals surface area contributed by atoms with Gasteiger partial charge in [-0.2, -0.15) is 0 Å². The quantitative estimate of drug-likeness (QED) is 0.603. The van der Waals surface area contributed by atoms with Crippen LogP contribution in [0.3, 0.4) is 0 Å². The number of nitrogens with one attached hydrogen (secondary N) is 1. The number of imide groups is 1. The van der Waals surface area contributed by atoms with Gasteiger partial charge in [-0.25, -0.2) is 4.79 Å². The van der Waals surface area contributed by atoms with E-state index < -0.39 is 23.5 Å². The molecule has 3 heterocycles. The molecule has 0 bridgehead atoms. The molecule has 4 rings (SSSR count). The number of hydrogen-bond acceptors (Lipinski definition) is 7. The van der Waals surface area contributed by atoms with E-state index in [1.807, 2.05) is 40.7 Å². The van der Waals surface area contributed by atoms with E-state index in [-0.39, 0.29) is 17.5 Å². The highest BCUT2D eigenvalue weighted by atomic mass is 16.6. The van der Waals surface area contributed by atoms with Crippen molar-refractivity contribution < 1.29 is 23.9 Å². The number of amides is 4. The first-order valence-electron chi connectivity index (χ1n) is 13.0. The lowest BCUT2D eigenvalue weighted by atomic mass is 9.89. The largest absolute Gasteiger partial charge is 0.444 e. The number of ether oxygens (including phenoxy) is 1. The Bertz CT molecular complexity index is 1090. The number of benzene rings is 1. The molecule has 37 heavy (non-hydrogen) atoms. The fourth-order valence-electron chi connectivity index (χ4n) is 5.12. The van der Waals surface area contributed by atoms with E-state index in [1.165, 1.54) is 0 Å².